The molecule has 1 aromatic heterocycles. The van der Waals surface area contributed by atoms with Gasteiger partial charge in [0.1, 0.15) is 6.10 Å². The zero-order valence-corrected chi connectivity index (χ0v) is 7.32. The molecule has 0 bridgehead atoms. The molecule has 12 heavy (non-hydrogen) atoms. The van der Waals surface area contributed by atoms with Crippen LogP contribution in [0.15, 0.2) is 17.0 Å². The van der Waals surface area contributed by atoms with E-state index in [1.54, 1.807) is 0 Å². The second-order valence-corrected chi connectivity index (χ2v) is 3.61. The van der Waals surface area contributed by atoms with Gasteiger partial charge in [0.2, 0.25) is 0 Å². The Labute approximate surface area is 71.4 Å². The standard InChI is InChI=1S/C8H14N2O2/c1-8(2,9)3-6(11)7-4-10-5-12-7/h4-6,11H,3,9H2,1-2H3. The first-order valence-corrected chi connectivity index (χ1v) is 3.84. The summed E-state index contributed by atoms with van der Waals surface area (Å²) in [7, 11) is 0. The number of nitrogens with two attached hydrogens (primary N) is 1. The summed E-state index contributed by atoms with van der Waals surface area (Å²) in [5.74, 6) is 0.466. The summed E-state index contributed by atoms with van der Waals surface area (Å²) in [4.78, 5) is 3.71. The summed E-state index contributed by atoms with van der Waals surface area (Å²) in [6.07, 6.45) is 2.59. The minimum absolute atomic E-state index is 0.397. The summed E-state index contributed by atoms with van der Waals surface area (Å²) in [6.45, 7) is 3.71. The molecule has 0 aliphatic heterocycles. The lowest BCUT2D eigenvalue weighted by Crippen LogP contribution is -2.33. The van der Waals surface area contributed by atoms with E-state index in [9.17, 15) is 5.11 Å². The topological polar surface area (TPSA) is 72.3 Å². The number of aliphatic hydroxyl groups excluding tert-OH is 1. The molecule has 0 aliphatic rings. The fourth-order valence-electron chi connectivity index (χ4n) is 0.989. The van der Waals surface area contributed by atoms with Gasteiger partial charge >= 0.3 is 0 Å². The van der Waals surface area contributed by atoms with Crippen LogP contribution in [0.3, 0.4) is 0 Å². The lowest BCUT2D eigenvalue weighted by atomic mass is 9.97. The number of rotatable bonds is 3. The second kappa shape index (κ2) is 3.25. The van der Waals surface area contributed by atoms with Crippen LogP contribution in [0.5, 0.6) is 0 Å². The third-order valence-corrected chi connectivity index (χ3v) is 1.50. The molecule has 4 heteroatoms. The maximum Gasteiger partial charge on any atom is 0.180 e. The van der Waals surface area contributed by atoms with E-state index in [4.69, 9.17) is 10.2 Å². The average Bonchev–Trinajstić information content (AvgIpc) is 2.32. The zero-order valence-electron chi connectivity index (χ0n) is 7.32. The van der Waals surface area contributed by atoms with Crippen LogP contribution in [0, 0.1) is 0 Å². The van der Waals surface area contributed by atoms with Crippen LogP contribution in [0.1, 0.15) is 32.1 Å². The van der Waals surface area contributed by atoms with Gasteiger partial charge in [-0.1, -0.05) is 0 Å². The minimum Gasteiger partial charge on any atom is -0.446 e. The molecule has 0 amide bonds. The highest BCUT2D eigenvalue weighted by molar-refractivity contribution is 4.96. The molecule has 1 unspecified atom stereocenters. The van der Waals surface area contributed by atoms with Gasteiger partial charge < -0.3 is 15.3 Å². The second-order valence-electron chi connectivity index (χ2n) is 3.61. The van der Waals surface area contributed by atoms with Gasteiger partial charge in [0, 0.05) is 5.54 Å². The molecular formula is C8H14N2O2. The Bertz CT molecular complexity index is 226. The molecule has 0 radical (unpaired) electrons. The first-order valence-electron chi connectivity index (χ1n) is 3.84. The molecule has 1 heterocycles. The van der Waals surface area contributed by atoms with Crippen molar-refractivity contribution >= 4 is 0 Å². The molecular weight excluding hydrogens is 156 g/mol. The van der Waals surface area contributed by atoms with E-state index in [-0.39, 0.29) is 0 Å². The van der Waals surface area contributed by atoms with Crippen LogP contribution in [-0.4, -0.2) is 15.6 Å². The van der Waals surface area contributed by atoms with Gasteiger partial charge in [-0.05, 0) is 20.3 Å². The summed E-state index contributed by atoms with van der Waals surface area (Å²) in [6, 6.07) is 0. The normalized spacial score (nSPS) is 14.7. The Morgan fingerprint density at radius 2 is 2.42 bits per heavy atom. The predicted octanol–water partition coefficient (Wildman–Crippen LogP) is 0.835. The molecule has 0 aliphatic carbocycles. The van der Waals surface area contributed by atoms with E-state index >= 15 is 0 Å². The Balaban J connectivity index is 2.56. The van der Waals surface area contributed by atoms with Gasteiger partial charge in [0.05, 0.1) is 6.20 Å². The van der Waals surface area contributed by atoms with Crippen LogP contribution in [-0.2, 0) is 0 Å². The van der Waals surface area contributed by atoms with Gasteiger partial charge in [-0.15, -0.1) is 0 Å². The Morgan fingerprint density at radius 1 is 1.75 bits per heavy atom. The zero-order chi connectivity index (χ0) is 9.19. The molecule has 0 saturated heterocycles. The van der Waals surface area contributed by atoms with E-state index in [1.807, 2.05) is 13.8 Å². The number of nitrogens with zero attached hydrogens (tertiary/aromatic N) is 1. The van der Waals surface area contributed by atoms with Gasteiger partial charge in [-0.3, -0.25) is 0 Å². The largest absolute Gasteiger partial charge is 0.446 e. The van der Waals surface area contributed by atoms with Crippen LogP contribution in [0.4, 0.5) is 0 Å². The summed E-state index contributed by atoms with van der Waals surface area (Å²) in [5.41, 5.74) is 5.32. The van der Waals surface area contributed by atoms with Crippen molar-refractivity contribution in [2.45, 2.75) is 31.9 Å². The molecule has 1 rings (SSSR count). The Hall–Kier alpha value is -0.870. The lowest BCUT2D eigenvalue weighted by Gasteiger charge is -2.20. The number of hydrogen-bond donors (Lipinski definition) is 2. The fraction of sp³-hybridized carbons (Fsp3) is 0.625. The van der Waals surface area contributed by atoms with Crippen molar-refractivity contribution in [3.63, 3.8) is 0 Å². The molecule has 0 aromatic carbocycles. The van der Waals surface area contributed by atoms with Gasteiger partial charge in [-0.25, -0.2) is 4.98 Å². The van der Waals surface area contributed by atoms with Crippen LogP contribution in [0.2, 0.25) is 0 Å². The lowest BCUT2D eigenvalue weighted by molar-refractivity contribution is 0.118. The molecule has 3 N–H and O–H groups in total. The summed E-state index contributed by atoms with van der Waals surface area (Å²) in [5, 5.41) is 9.53. The van der Waals surface area contributed by atoms with Crippen LogP contribution >= 0.6 is 0 Å². The molecule has 0 spiro atoms. The van der Waals surface area contributed by atoms with Crippen molar-refractivity contribution in [2.75, 3.05) is 0 Å². The van der Waals surface area contributed by atoms with E-state index < -0.39 is 11.6 Å². The van der Waals surface area contributed by atoms with Crippen molar-refractivity contribution in [1.29, 1.82) is 0 Å². The average molecular weight is 170 g/mol. The van der Waals surface area contributed by atoms with Crippen molar-refractivity contribution in [3.8, 4) is 0 Å². The highest BCUT2D eigenvalue weighted by Gasteiger charge is 2.20. The highest BCUT2D eigenvalue weighted by atomic mass is 16.4. The summed E-state index contributed by atoms with van der Waals surface area (Å²) < 4.78 is 4.92. The van der Waals surface area contributed by atoms with Crippen molar-refractivity contribution < 1.29 is 9.52 Å². The van der Waals surface area contributed by atoms with Gasteiger partial charge in [0.25, 0.3) is 0 Å². The Morgan fingerprint density at radius 3 is 2.83 bits per heavy atom. The molecule has 0 fully saturated rings. The number of hydrogen-bond acceptors (Lipinski definition) is 4. The quantitative estimate of drug-likeness (QED) is 0.705. The highest BCUT2D eigenvalue weighted by Crippen LogP contribution is 2.21. The monoisotopic (exact) mass is 170 g/mol. The van der Waals surface area contributed by atoms with E-state index in [0.717, 1.165) is 0 Å². The molecule has 1 aromatic rings. The van der Waals surface area contributed by atoms with E-state index in [0.29, 0.717) is 12.2 Å². The number of aromatic nitrogens is 1. The SMILES string of the molecule is CC(C)(N)CC(O)c1cnco1. The van der Waals surface area contributed by atoms with Crippen molar-refractivity contribution in [1.82, 2.24) is 4.98 Å². The molecule has 0 saturated carbocycles. The van der Waals surface area contributed by atoms with E-state index in [2.05, 4.69) is 4.98 Å². The van der Waals surface area contributed by atoms with Crippen molar-refractivity contribution in [3.05, 3.63) is 18.4 Å². The van der Waals surface area contributed by atoms with Crippen LogP contribution < -0.4 is 5.73 Å². The van der Waals surface area contributed by atoms with Crippen LogP contribution in [0.25, 0.3) is 0 Å². The van der Waals surface area contributed by atoms with Gasteiger partial charge in [-0.2, -0.15) is 0 Å². The smallest absolute Gasteiger partial charge is 0.180 e. The maximum atomic E-state index is 9.53. The molecule has 4 nitrogen and oxygen atoms in total. The summed E-state index contributed by atoms with van der Waals surface area (Å²) >= 11 is 0. The van der Waals surface area contributed by atoms with Gasteiger partial charge in [0.15, 0.2) is 12.2 Å². The first kappa shape index (κ1) is 9.22. The Kier molecular flexibility index (Phi) is 2.49. The predicted molar refractivity (Wildman–Crippen MR) is 44.3 cm³/mol. The maximum absolute atomic E-state index is 9.53. The van der Waals surface area contributed by atoms with Crippen molar-refractivity contribution in [2.24, 2.45) is 5.73 Å². The third kappa shape index (κ3) is 2.64. The number of aliphatic hydroxyl groups is 1. The number of oxazole rings is 1. The third-order valence-electron chi connectivity index (χ3n) is 1.50. The molecule has 1 atom stereocenters. The fourth-order valence-corrected chi connectivity index (χ4v) is 0.989. The minimum atomic E-state index is -0.660. The first-order chi connectivity index (χ1) is 5.49. The van der Waals surface area contributed by atoms with E-state index in [1.165, 1.54) is 12.6 Å². The molecule has 68 valence electrons.